The van der Waals surface area contributed by atoms with Crippen molar-refractivity contribution >= 4 is 88.6 Å². The first-order valence-electron chi connectivity index (χ1n) is 40.1. The lowest BCUT2D eigenvalue weighted by Gasteiger charge is -2.27. The van der Waals surface area contributed by atoms with Gasteiger partial charge in [-0.25, -0.2) is 5.01 Å². The number of nitrogens with zero attached hydrogens (tertiary/aromatic N) is 7. The van der Waals surface area contributed by atoms with Crippen molar-refractivity contribution in [3.05, 3.63) is 0 Å². The summed E-state index contributed by atoms with van der Waals surface area (Å²) in [6.07, 6.45) is 0.737. The molecule has 0 heterocycles. The van der Waals surface area contributed by atoms with Crippen LogP contribution in [0.5, 0.6) is 0 Å². The first-order chi connectivity index (χ1) is 55.3. The average Bonchev–Trinajstić information content (AvgIpc) is 0.916. The zero-order valence-corrected chi connectivity index (χ0v) is 68.1. The van der Waals surface area contributed by atoms with Gasteiger partial charge < -0.3 is 140 Å². The Balaban J connectivity index is 6.98. The van der Waals surface area contributed by atoms with E-state index in [1.54, 1.807) is 11.8 Å². The zero-order valence-electron chi connectivity index (χ0n) is 68.1. The van der Waals surface area contributed by atoms with E-state index in [4.69, 9.17) is 45.9 Å². The average molecular weight is 1640 g/mol. The maximum Gasteiger partial charge on any atom is 0.248 e. The molecule has 0 unspecified atom stereocenters. The van der Waals surface area contributed by atoms with Crippen LogP contribution in [0.4, 0.5) is 0 Å². The van der Waals surface area contributed by atoms with E-state index in [0.29, 0.717) is 6.42 Å². The molecule has 15 amide bonds. The van der Waals surface area contributed by atoms with Crippen LogP contribution in [0.3, 0.4) is 0 Å². The van der Waals surface area contributed by atoms with Gasteiger partial charge in [0.25, 0.3) is 0 Å². The van der Waals surface area contributed by atoms with Crippen molar-refractivity contribution in [3.8, 4) is 0 Å². The number of carbonyl (C=O) groups excluding carboxylic acids is 15. The molecule has 0 rings (SSSR count). The summed E-state index contributed by atoms with van der Waals surface area (Å²) in [5.41, 5.74) is 47.2. The number of hydrogen-bond acceptors (Lipinski definition) is 30. The van der Waals surface area contributed by atoms with Crippen molar-refractivity contribution in [3.63, 3.8) is 0 Å². The summed E-state index contributed by atoms with van der Waals surface area (Å²) in [5, 5.41) is 40.0. The molecular formula is C70H142N30O15. The highest BCUT2D eigenvalue weighted by Crippen LogP contribution is 2.04. The SMILES string of the molecule is CCCC(=O)NCN(CC(=O)NCN(CCC(=O)NCCN(CCC(=O)NCCN)CCC(=O)NCCN)CCC(=O)NCCN(CCC(=O)NCCN)CCC(=O)NCCN)CC(=O)NN(CCC(=O)NCCN(CCC(=O)NCCN)CCC(=O)NCCN)CCC(=O)NCCN(CCC(=O)NCCN)CCC(=O)NCCN. The molecule has 0 aliphatic heterocycles. The highest BCUT2D eigenvalue weighted by Gasteiger charge is 2.23. The van der Waals surface area contributed by atoms with Gasteiger partial charge in [-0.2, -0.15) is 0 Å². The van der Waals surface area contributed by atoms with E-state index in [9.17, 15) is 71.9 Å². The van der Waals surface area contributed by atoms with Crippen molar-refractivity contribution in [2.24, 2.45) is 45.9 Å². The standard InChI is InChI=1S/C70H142N30O15/c1-2-3-56(101)91-55-99(53-70(115)93-100(46-14-67(112)89-34-50-96(40-8-61(106)83-28-20-75)41-9-62(107)84-29-21-76)47-15-68(113)90-35-51-97(42-10-63(108)85-30-22-77)43-11-64(109)86-31-23-78)52-69(114)92-54-98(44-12-65(110)87-32-48-94(36-4-57(102)79-24-16-71)37-5-58(103)80-25-17-72)45-13-66(111)88-33-49-95(38-6-59(104)81-26-18-73)39-7-60(105)82-27-19-74/h2-55,71-78H2,1H3,(H,79,102)(H,80,103)(H,81,104)(H,82,105)(H,83,106)(H,84,107)(H,85,108)(H,86,109)(H,87,110)(H,88,111)(H,89,112)(H,90,113)(H,91,101)(H,92,114)(H,93,115). The van der Waals surface area contributed by atoms with E-state index >= 15 is 0 Å². The normalized spacial score (nSPS) is 11.2. The molecule has 0 aliphatic rings. The lowest BCUT2D eigenvalue weighted by atomic mass is 10.3. The summed E-state index contributed by atoms with van der Waals surface area (Å²) in [4.78, 5) is 206. The van der Waals surface area contributed by atoms with Gasteiger partial charge in [0.1, 0.15) is 0 Å². The molecule has 662 valence electrons. The fourth-order valence-electron chi connectivity index (χ4n) is 10.6. The molecule has 0 atom stereocenters. The number of nitrogens with one attached hydrogen (secondary N) is 15. The Morgan fingerprint density at radius 1 is 0.191 bits per heavy atom. The Hall–Kier alpha value is -8.55. The lowest BCUT2D eigenvalue weighted by molar-refractivity contribution is -0.132. The molecule has 45 heteroatoms. The Kier molecular flexibility index (Phi) is 66.6. The van der Waals surface area contributed by atoms with Crippen molar-refractivity contribution in [1.29, 1.82) is 0 Å². The molecule has 0 bridgehead atoms. The van der Waals surface area contributed by atoms with E-state index in [-0.39, 0.29) is 386 Å². The van der Waals surface area contributed by atoms with Crippen LogP contribution in [-0.2, 0) is 71.9 Å². The second-order valence-electron chi connectivity index (χ2n) is 26.8. The Morgan fingerprint density at radius 2 is 0.374 bits per heavy atom. The summed E-state index contributed by atoms with van der Waals surface area (Å²) in [6.45, 7) is 7.89. The molecule has 0 radical (unpaired) electrons. The number of rotatable bonds is 75. The fraction of sp³-hybridized carbons (Fsp3) is 0.786. The van der Waals surface area contributed by atoms with Gasteiger partial charge in [0.05, 0.1) is 26.4 Å². The van der Waals surface area contributed by atoms with E-state index in [2.05, 4.69) is 79.9 Å². The van der Waals surface area contributed by atoms with Crippen molar-refractivity contribution in [1.82, 2.24) is 114 Å². The van der Waals surface area contributed by atoms with E-state index in [0.717, 1.165) is 0 Å². The van der Waals surface area contributed by atoms with Crippen molar-refractivity contribution in [2.45, 2.75) is 96.8 Å². The van der Waals surface area contributed by atoms with Gasteiger partial charge in [-0.15, -0.1) is 0 Å². The van der Waals surface area contributed by atoms with Crippen molar-refractivity contribution in [2.75, 3.05) is 262 Å². The fourth-order valence-corrected chi connectivity index (χ4v) is 10.6. The van der Waals surface area contributed by atoms with E-state index in [1.807, 2.05) is 19.6 Å². The third kappa shape index (κ3) is 64.3. The Bertz CT molecular complexity index is 2550. The first-order valence-corrected chi connectivity index (χ1v) is 40.1. The Morgan fingerprint density at radius 3 is 0.600 bits per heavy atom. The monoisotopic (exact) mass is 1640 g/mol. The number of carbonyl (C=O) groups is 15. The van der Waals surface area contributed by atoms with Crippen molar-refractivity contribution < 1.29 is 71.9 Å². The summed E-state index contributed by atoms with van der Waals surface area (Å²) in [5.74, 6) is -5.38. The topological polar surface area (TPSA) is 667 Å². The second-order valence-corrected chi connectivity index (χ2v) is 26.8. The van der Waals surface area contributed by atoms with Crippen LogP contribution in [0.2, 0.25) is 0 Å². The predicted molar refractivity (Wildman–Crippen MR) is 434 cm³/mol. The van der Waals surface area contributed by atoms with Gasteiger partial charge in [-0.05, 0) is 6.42 Å². The lowest BCUT2D eigenvalue weighted by Crippen LogP contribution is -2.52. The molecule has 45 nitrogen and oxygen atoms in total. The molecule has 0 aromatic heterocycles. The third-order valence-electron chi connectivity index (χ3n) is 17.0. The third-order valence-corrected chi connectivity index (χ3v) is 17.0. The molecule has 0 spiro atoms. The largest absolute Gasteiger partial charge is 0.355 e. The molecular weight excluding hydrogens is 1500 g/mol. The van der Waals surface area contributed by atoms with Crippen LogP contribution >= 0.6 is 0 Å². The van der Waals surface area contributed by atoms with Crippen LogP contribution in [-0.4, -0.2) is 385 Å². The first kappa shape index (κ1) is 106. The van der Waals surface area contributed by atoms with E-state index < -0.39 is 48.5 Å². The molecule has 31 N–H and O–H groups in total. The predicted octanol–water partition coefficient (Wildman–Crippen LogP) is -13.2. The molecule has 115 heavy (non-hydrogen) atoms. The zero-order chi connectivity index (χ0) is 85.5. The smallest absolute Gasteiger partial charge is 0.248 e. The maximum absolute atomic E-state index is 14.3. The van der Waals surface area contributed by atoms with Crippen LogP contribution in [0.15, 0.2) is 0 Å². The highest BCUT2D eigenvalue weighted by molar-refractivity contribution is 5.83. The summed E-state index contributed by atoms with van der Waals surface area (Å²) in [6, 6.07) is 0. The maximum atomic E-state index is 14.3. The van der Waals surface area contributed by atoms with Crippen LogP contribution in [0, 0.1) is 0 Å². The molecule has 0 aliphatic carbocycles. The summed E-state index contributed by atoms with van der Waals surface area (Å²) in [7, 11) is 0. The quantitative estimate of drug-likeness (QED) is 0.0199. The van der Waals surface area contributed by atoms with Gasteiger partial charge in [-0.1, -0.05) is 6.92 Å². The highest BCUT2D eigenvalue weighted by atomic mass is 16.2. The summed E-state index contributed by atoms with van der Waals surface area (Å²) < 4.78 is 0. The molecule has 0 fully saturated rings. The second kappa shape index (κ2) is 71.9. The minimum Gasteiger partial charge on any atom is -0.355 e. The summed E-state index contributed by atoms with van der Waals surface area (Å²) >= 11 is 0. The molecule has 0 saturated carbocycles. The van der Waals surface area contributed by atoms with Gasteiger partial charge in [0, 0.05) is 319 Å². The molecule has 0 aromatic carbocycles. The van der Waals surface area contributed by atoms with Gasteiger partial charge in [-0.3, -0.25) is 87.1 Å². The number of hydrogen-bond donors (Lipinski definition) is 23. The number of amides is 15. The molecule has 0 aromatic rings. The van der Waals surface area contributed by atoms with Crippen LogP contribution in [0.1, 0.15) is 96.8 Å². The minimum atomic E-state index is -0.714. The van der Waals surface area contributed by atoms with Crippen LogP contribution in [0.25, 0.3) is 0 Å². The molecule has 0 saturated heterocycles. The van der Waals surface area contributed by atoms with Gasteiger partial charge in [0.2, 0.25) is 88.6 Å². The van der Waals surface area contributed by atoms with Crippen LogP contribution < -0.4 is 126 Å². The minimum absolute atomic E-state index is 0.0120. The van der Waals surface area contributed by atoms with E-state index in [1.165, 1.54) is 9.91 Å². The van der Waals surface area contributed by atoms with Gasteiger partial charge in [0.15, 0.2) is 0 Å². The number of hydrazine groups is 1. The van der Waals surface area contributed by atoms with Gasteiger partial charge >= 0.3 is 0 Å². The Labute approximate surface area is 677 Å². The number of nitrogens with two attached hydrogens (primary N) is 8.